The summed E-state index contributed by atoms with van der Waals surface area (Å²) in [7, 11) is 0. The number of benzene rings is 1. The minimum atomic E-state index is -0.845. The molecule has 0 saturated heterocycles. The quantitative estimate of drug-likeness (QED) is 0.900. The summed E-state index contributed by atoms with van der Waals surface area (Å²) < 4.78 is 0. The van der Waals surface area contributed by atoms with Crippen LogP contribution in [-0.2, 0) is 16.6 Å². The lowest BCUT2D eigenvalue weighted by molar-refractivity contribution is -0.136. The molecule has 0 aliphatic rings. The molecule has 0 bridgehead atoms. The fraction of sp³-hybridized carbons (Fsp3) is 0.375. The van der Waals surface area contributed by atoms with Crippen molar-refractivity contribution in [2.75, 3.05) is 0 Å². The molecule has 0 aliphatic carbocycles. The number of aryl methyl sites for hydroxylation is 1. The number of carbonyl (C=O) groups is 1. The monoisotopic (exact) mass is 272 g/mol. The van der Waals surface area contributed by atoms with E-state index < -0.39 is 5.97 Å². The van der Waals surface area contributed by atoms with Gasteiger partial charge in [-0.1, -0.05) is 45.0 Å². The molecule has 2 N–H and O–H groups in total. The van der Waals surface area contributed by atoms with Crippen LogP contribution in [0, 0.1) is 6.92 Å². The van der Waals surface area contributed by atoms with Gasteiger partial charge < -0.3 is 5.11 Å². The Kier molecular flexibility index (Phi) is 3.66. The fourth-order valence-corrected chi connectivity index (χ4v) is 2.19. The van der Waals surface area contributed by atoms with Gasteiger partial charge in [0.2, 0.25) is 0 Å². The second-order valence-electron chi connectivity index (χ2n) is 6.07. The van der Waals surface area contributed by atoms with Gasteiger partial charge >= 0.3 is 5.97 Å². The highest BCUT2D eigenvalue weighted by Crippen LogP contribution is 2.28. The van der Waals surface area contributed by atoms with E-state index in [1.807, 2.05) is 19.1 Å². The summed E-state index contributed by atoms with van der Waals surface area (Å²) in [6.45, 7) is 8.34. The molecule has 106 valence electrons. The minimum Gasteiger partial charge on any atom is -0.481 e. The Balaban J connectivity index is 2.40. The minimum absolute atomic E-state index is 0.0152. The molecule has 4 heteroatoms. The van der Waals surface area contributed by atoms with E-state index in [1.54, 1.807) is 0 Å². The van der Waals surface area contributed by atoms with E-state index in [1.165, 1.54) is 5.56 Å². The van der Waals surface area contributed by atoms with Crippen LogP contribution in [0.5, 0.6) is 0 Å². The number of rotatable bonds is 3. The lowest BCUT2D eigenvalue weighted by atomic mass is 9.86. The molecule has 0 aliphatic heterocycles. The third kappa shape index (κ3) is 2.90. The molecule has 1 aromatic heterocycles. The van der Waals surface area contributed by atoms with Gasteiger partial charge in [-0.2, -0.15) is 5.10 Å². The molecule has 0 atom stereocenters. The molecular formula is C16H20N2O2. The van der Waals surface area contributed by atoms with Gasteiger partial charge in [0.05, 0.1) is 12.1 Å². The number of hydrogen-bond donors (Lipinski definition) is 2. The number of carboxylic acids is 1. The first-order valence-electron chi connectivity index (χ1n) is 6.65. The van der Waals surface area contributed by atoms with Crippen molar-refractivity contribution in [2.24, 2.45) is 0 Å². The normalized spacial score (nSPS) is 11.6. The summed E-state index contributed by atoms with van der Waals surface area (Å²) in [5, 5.41) is 16.1. The van der Waals surface area contributed by atoms with Crippen LogP contribution in [0.4, 0.5) is 0 Å². The maximum atomic E-state index is 10.9. The van der Waals surface area contributed by atoms with Crippen LogP contribution in [0.2, 0.25) is 0 Å². The molecule has 2 rings (SSSR count). The van der Waals surface area contributed by atoms with Gasteiger partial charge in [-0.05, 0) is 17.9 Å². The van der Waals surface area contributed by atoms with Crippen molar-refractivity contribution in [1.29, 1.82) is 0 Å². The summed E-state index contributed by atoms with van der Waals surface area (Å²) in [5.41, 5.74) is 4.57. The first-order chi connectivity index (χ1) is 9.29. The first-order valence-corrected chi connectivity index (χ1v) is 6.65. The Hall–Kier alpha value is -2.10. The van der Waals surface area contributed by atoms with Gasteiger partial charge in [0.1, 0.15) is 0 Å². The van der Waals surface area contributed by atoms with Gasteiger partial charge in [-0.15, -0.1) is 0 Å². The third-order valence-corrected chi connectivity index (χ3v) is 3.43. The Labute approximate surface area is 118 Å². The SMILES string of the molecule is Cc1[nH]nc(-c2ccc(C(C)(C)C)cc2)c1CC(=O)O. The van der Waals surface area contributed by atoms with Crippen molar-refractivity contribution in [3.05, 3.63) is 41.1 Å². The molecule has 0 fully saturated rings. The fourth-order valence-electron chi connectivity index (χ4n) is 2.19. The zero-order valence-corrected chi connectivity index (χ0v) is 12.3. The second-order valence-corrected chi connectivity index (χ2v) is 6.07. The Morgan fingerprint density at radius 1 is 1.25 bits per heavy atom. The lowest BCUT2D eigenvalue weighted by Gasteiger charge is -2.19. The molecule has 0 radical (unpaired) electrons. The summed E-state index contributed by atoms with van der Waals surface area (Å²) in [6.07, 6.45) is -0.0152. The standard InChI is InChI=1S/C16H20N2O2/c1-10-13(9-14(19)20)15(18-17-10)11-5-7-12(8-6-11)16(2,3)4/h5-8H,9H2,1-4H3,(H,17,18)(H,19,20). The van der Waals surface area contributed by atoms with Gasteiger partial charge in [-0.3, -0.25) is 9.89 Å². The largest absolute Gasteiger partial charge is 0.481 e. The highest BCUT2D eigenvalue weighted by molar-refractivity contribution is 5.75. The van der Waals surface area contributed by atoms with E-state index in [-0.39, 0.29) is 11.8 Å². The topological polar surface area (TPSA) is 66.0 Å². The van der Waals surface area contributed by atoms with Crippen LogP contribution in [-0.4, -0.2) is 21.3 Å². The Morgan fingerprint density at radius 3 is 2.35 bits per heavy atom. The van der Waals surface area contributed by atoms with Gasteiger partial charge in [0.15, 0.2) is 0 Å². The van der Waals surface area contributed by atoms with E-state index in [2.05, 4.69) is 43.1 Å². The molecule has 2 aromatic rings. The van der Waals surface area contributed by atoms with Crippen molar-refractivity contribution >= 4 is 5.97 Å². The number of nitrogens with one attached hydrogen (secondary N) is 1. The number of hydrogen-bond acceptors (Lipinski definition) is 2. The van der Waals surface area contributed by atoms with Gasteiger partial charge in [0, 0.05) is 16.8 Å². The number of aromatic nitrogens is 2. The molecule has 20 heavy (non-hydrogen) atoms. The molecule has 0 unspecified atom stereocenters. The summed E-state index contributed by atoms with van der Waals surface area (Å²) >= 11 is 0. The molecule has 0 amide bonds. The predicted octanol–water partition coefficient (Wildman–Crippen LogP) is 3.31. The van der Waals surface area contributed by atoms with E-state index in [0.717, 1.165) is 22.5 Å². The van der Waals surface area contributed by atoms with Crippen LogP contribution < -0.4 is 0 Å². The molecule has 1 heterocycles. The van der Waals surface area contributed by atoms with Crippen LogP contribution in [0.25, 0.3) is 11.3 Å². The Bertz CT molecular complexity index is 619. The average molecular weight is 272 g/mol. The van der Waals surface area contributed by atoms with Crippen molar-refractivity contribution in [3.8, 4) is 11.3 Å². The molecular weight excluding hydrogens is 252 g/mol. The summed E-state index contributed by atoms with van der Waals surface area (Å²) in [4.78, 5) is 10.9. The van der Waals surface area contributed by atoms with E-state index in [4.69, 9.17) is 5.11 Å². The maximum Gasteiger partial charge on any atom is 0.307 e. The number of nitrogens with zero attached hydrogens (tertiary/aromatic N) is 1. The predicted molar refractivity (Wildman–Crippen MR) is 78.8 cm³/mol. The number of H-pyrrole nitrogens is 1. The number of aromatic amines is 1. The second kappa shape index (κ2) is 5.12. The highest BCUT2D eigenvalue weighted by Gasteiger charge is 2.17. The van der Waals surface area contributed by atoms with Crippen molar-refractivity contribution < 1.29 is 9.90 Å². The molecule has 0 saturated carbocycles. The zero-order chi connectivity index (χ0) is 14.9. The maximum absolute atomic E-state index is 10.9. The van der Waals surface area contributed by atoms with E-state index in [0.29, 0.717) is 0 Å². The summed E-state index contributed by atoms with van der Waals surface area (Å²) in [6, 6.07) is 8.15. The summed E-state index contributed by atoms with van der Waals surface area (Å²) in [5.74, 6) is -0.845. The molecule has 4 nitrogen and oxygen atoms in total. The van der Waals surface area contributed by atoms with Gasteiger partial charge in [-0.25, -0.2) is 0 Å². The van der Waals surface area contributed by atoms with Crippen LogP contribution in [0.1, 0.15) is 37.6 Å². The van der Waals surface area contributed by atoms with Crippen molar-refractivity contribution in [2.45, 2.75) is 39.5 Å². The smallest absolute Gasteiger partial charge is 0.307 e. The third-order valence-electron chi connectivity index (χ3n) is 3.43. The first kappa shape index (κ1) is 14.3. The van der Waals surface area contributed by atoms with Gasteiger partial charge in [0.25, 0.3) is 0 Å². The number of aliphatic carboxylic acids is 1. The van der Waals surface area contributed by atoms with Crippen LogP contribution in [0.3, 0.4) is 0 Å². The molecule has 1 aromatic carbocycles. The Morgan fingerprint density at radius 2 is 1.85 bits per heavy atom. The highest BCUT2D eigenvalue weighted by atomic mass is 16.4. The van der Waals surface area contributed by atoms with Crippen LogP contribution in [0.15, 0.2) is 24.3 Å². The zero-order valence-electron chi connectivity index (χ0n) is 12.3. The van der Waals surface area contributed by atoms with Crippen LogP contribution >= 0.6 is 0 Å². The van der Waals surface area contributed by atoms with E-state index >= 15 is 0 Å². The lowest BCUT2D eigenvalue weighted by Crippen LogP contribution is -2.10. The number of carboxylic acid groups (broad SMARTS) is 1. The molecule has 0 spiro atoms. The average Bonchev–Trinajstić information content (AvgIpc) is 2.70. The van der Waals surface area contributed by atoms with Crippen molar-refractivity contribution in [3.63, 3.8) is 0 Å². The van der Waals surface area contributed by atoms with E-state index in [9.17, 15) is 4.79 Å². The van der Waals surface area contributed by atoms with Crippen molar-refractivity contribution in [1.82, 2.24) is 10.2 Å².